The Labute approximate surface area is 118 Å². The lowest BCUT2D eigenvalue weighted by molar-refractivity contribution is -0.141. The first kappa shape index (κ1) is 15.1. The largest absolute Gasteiger partial charge is 0.462 e. The number of aromatic nitrogens is 2. The summed E-state index contributed by atoms with van der Waals surface area (Å²) in [6.07, 6.45) is -4.58. The van der Waals surface area contributed by atoms with Gasteiger partial charge >= 0.3 is 12.1 Å². The number of hydrogen-bond donors (Lipinski definition) is 1. The SMILES string of the molecule is CCOC(=O)c1c(C(F)(F)F)n[nH]c1Cc1ccccc1. The lowest BCUT2D eigenvalue weighted by Crippen LogP contribution is -2.15. The molecule has 4 nitrogen and oxygen atoms in total. The van der Waals surface area contributed by atoms with Crippen LogP contribution in [0.1, 0.15) is 34.2 Å². The maximum absolute atomic E-state index is 12.9. The Bertz CT molecular complexity index is 621. The number of carbonyl (C=O) groups excluding carboxylic acids is 1. The molecule has 1 aromatic heterocycles. The Balaban J connectivity index is 2.41. The molecule has 21 heavy (non-hydrogen) atoms. The van der Waals surface area contributed by atoms with Crippen LogP contribution in [0.25, 0.3) is 0 Å². The summed E-state index contributed by atoms with van der Waals surface area (Å²) in [7, 11) is 0. The number of hydrogen-bond acceptors (Lipinski definition) is 3. The molecule has 1 N–H and O–H groups in total. The molecule has 0 aliphatic rings. The Kier molecular flexibility index (Phi) is 4.30. The van der Waals surface area contributed by atoms with Crippen LogP contribution < -0.4 is 0 Å². The highest BCUT2D eigenvalue weighted by Gasteiger charge is 2.40. The smallest absolute Gasteiger partial charge is 0.436 e. The summed E-state index contributed by atoms with van der Waals surface area (Å²) in [4.78, 5) is 11.8. The van der Waals surface area contributed by atoms with Crippen molar-refractivity contribution in [2.45, 2.75) is 19.5 Å². The number of H-pyrrole nitrogens is 1. The zero-order chi connectivity index (χ0) is 15.5. The van der Waals surface area contributed by atoms with Gasteiger partial charge in [0.1, 0.15) is 5.56 Å². The summed E-state index contributed by atoms with van der Waals surface area (Å²) >= 11 is 0. The highest BCUT2D eigenvalue weighted by atomic mass is 19.4. The van der Waals surface area contributed by atoms with E-state index in [0.29, 0.717) is 0 Å². The van der Waals surface area contributed by atoms with Crippen LogP contribution in [0.2, 0.25) is 0 Å². The molecule has 1 heterocycles. The van der Waals surface area contributed by atoms with Gasteiger partial charge in [-0.2, -0.15) is 18.3 Å². The van der Waals surface area contributed by atoms with E-state index in [1.54, 1.807) is 30.3 Å². The minimum atomic E-state index is -4.71. The van der Waals surface area contributed by atoms with Gasteiger partial charge in [-0.1, -0.05) is 30.3 Å². The molecular weight excluding hydrogens is 285 g/mol. The van der Waals surface area contributed by atoms with Crippen LogP contribution in [-0.4, -0.2) is 22.8 Å². The number of aromatic amines is 1. The van der Waals surface area contributed by atoms with Gasteiger partial charge in [0.2, 0.25) is 0 Å². The molecule has 2 aromatic rings. The highest BCUT2D eigenvalue weighted by Crippen LogP contribution is 2.32. The third kappa shape index (κ3) is 3.42. The number of nitrogens with zero attached hydrogens (tertiary/aromatic N) is 1. The Morgan fingerprint density at radius 1 is 1.29 bits per heavy atom. The van der Waals surface area contributed by atoms with Gasteiger partial charge in [0.05, 0.1) is 12.3 Å². The second-order valence-corrected chi connectivity index (χ2v) is 4.31. The average molecular weight is 298 g/mol. The van der Waals surface area contributed by atoms with Gasteiger partial charge in [-0.05, 0) is 12.5 Å². The molecule has 112 valence electrons. The maximum Gasteiger partial charge on any atom is 0.436 e. The molecule has 0 atom stereocenters. The second kappa shape index (κ2) is 5.99. The zero-order valence-electron chi connectivity index (χ0n) is 11.2. The fourth-order valence-corrected chi connectivity index (χ4v) is 1.93. The minimum Gasteiger partial charge on any atom is -0.462 e. The van der Waals surface area contributed by atoms with E-state index in [1.165, 1.54) is 6.92 Å². The standard InChI is InChI=1S/C14H13F3N2O2/c1-2-21-13(20)11-10(8-9-6-4-3-5-7-9)18-19-12(11)14(15,16)17/h3-7H,2,8H2,1H3,(H,18,19). The normalized spacial score (nSPS) is 11.4. The lowest BCUT2D eigenvalue weighted by Gasteiger charge is -2.08. The fourth-order valence-electron chi connectivity index (χ4n) is 1.93. The van der Waals surface area contributed by atoms with Crippen LogP contribution >= 0.6 is 0 Å². The predicted molar refractivity (Wildman–Crippen MR) is 68.8 cm³/mol. The summed E-state index contributed by atoms with van der Waals surface area (Å²) in [5.74, 6) is -1.02. The van der Waals surface area contributed by atoms with Crippen LogP contribution in [0.5, 0.6) is 0 Å². The molecule has 7 heteroatoms. The van der Waals surface area contributed by atoms with Crippen LogP contribution in [-0.2, 0) is 17.3 Å². The Hall–Kier alpha value is -2.31. The van der Waals surface area contributed by atoms with Gasteiger partial charge in [0, 0.05) is 6.42 Å². The highest BCUT2D eigenvalue weighted by molar-refractivity contribution is 5.92. The Morgan fingerprint density at radius 3 is 2.52 bits per heavy atom. The molecular formula is C14H13F3N2O2. The third-order valence-electron chi connectivity index (χ3n) is 2.81. The van der Waals surface area contributed by atoms with Gasteiger partial charge in [0.25, 0.3) is 0 Å². The molecule has 0 fully saturated rings. The summed E-state index contributed by atoms with van der Waals surface area (Å²) in [5.41, 5.74) is -0.938. The van der Waals surface area contributed by atoms with Crippen molar-refractivity contribution in [2.75, 3.05) is 6.61 Å². The summed E-state index contributed by atoms with van der Waals surface area (Å²) in [6, 6.07) is 8.83. The van der Waals surface area contributed by atoms with Crippen LogP contribution in [0, 0.1) is 0 Å². The number of esters is 1. The second-order valence-electron chi connectivity index (χ2n) is 4.31. The number of halogens is 3. The molecule has 0 spiro atoms. The maximum atomic E-state index is 12.9. The molecule has 0 amide bonds. The topological polar surface area (TPSA) is 55.0 Å². The molecule has 0 saturated heterocycles. The van der Waals surface area contributed by atoms with Crippen molar-refractivity contribution in [3.05, 3.63) is 52.8 Å². The van der Waals surface area contributed by atoms with Crippen molar-refractivity contribution < 1.29 is 22.7 Å². The monoisotopic (exact) mass is 298 g/mol. The van der Waals surface area contributed by atoms with Crippen molar-refractivity contribution in [3.63, 3.8) is 0 Å². The number of rotatable bonds is 4. The van der Waals surface area contributed by atoms with E-state index in [1.807, 2.05) is 0 Å². The minimum absolute atomic E-state index is 0.00785. The fraction of sp³-hybridized carbons (Fsp3) is 0.286. The van der Waals surface area contributed by atoms with Crippen molar-refractivity contribution in [1.82, 2.24) is 10.2 Å². The van der Waals surface area contributed by atoms with E-state index in [0.717, 1.165) is 5.56 Å². The number of nitrogens with one attached hydrogen (secondary N) is 1. The first-order chi connectivity index (χ1) is 9.93. The van der Waals surface area contributed by atoms with Crippen LogP contribution in [0.4, 0.5) is 13.2 Å². The summed E-state index contributed by atoms with van der Waals surface area (Å²) in [5, 5.41) is 5.53. The quantitative estimate of drug-likeness (QED) is 0.882. The number of ether oxygens (including phenoxy) is 1. The van der Waals surface area contributed by atoms with Crippen molar-refractivity contribution >= 4 is 5.97 Å². The molecule has 0 bridgehead atoms. The van der Waals surface area contributed by atoms with Crippen LogP contribution in [0.3, 0.4) is 0 Å². The lowest BCUT2D eigenvalue weighted by atomic mass is 10.1. The number of alkyl halides is 3. The molecule has 0 saturated carbocycles. The zero-order valence-corrected chi connectivity index (χ0v) is 11.2. The Morgan fingerprint density at radius 2 is 1.95 bits per heavy atom. The average Bonchev–Trinajstić information content (AvgIpc) is 2.84. The first-order valence-corrected chi connectivity index (χ1v) is 6.29. The van der Waals surface area contributed by atoms with Crippen molar-refractivity contribution in [1.29, 1.82) is 0 Å². The van der Waals surface area contributed by atoms with Crippen molar-refractivity contribution in [3.8, 4) is 0 Å². The van der Waals surface area contributed by atoms with E-state index >= 15 is 0 Å². The third-order valence-corrected chi connectivity index (χ3v) is 2.81. The molecule has 0 radical (unpaired) electrons. The van der Waals surface area contributed by atoms with E-state index in [9.17, 15) is 18.0 Å². The van der Waals surface area contributed by atoms with E-state index in [4.69, 9.17) is 4.74 Å². The summed E-state index contributed by atoms with van der Waals surface area (Å²) < 4.78 is 43.4. The van der Waals surface area contributed by atoms with Crippen molar-refractivity contribution in [2.24, 2.45) is 0 Å². The predicted octanol–water partition coefficient (Wildman–Crippen LogP) is 3.20. The number of carbonyl (C=O) groups is 1. The van der Waals surface area contributed by atoms with E-state index in [-0.39, 0.29) is 18.7 Å². The molecule has 0 aliphatic heterocycles. The summed E-state index contributed by atoms with van der Waals surface area (Å²) in [6.45, 7) is 1.52. The first-order valence-electron chi connectivity index (χ1n) is 6.29. The van der Waals surface area contributed by atoms with E-state index < -0.39 is 23.4 Å². The van der Waals surface area contributed by atoms with Crippen LogP contribution in [0.15, 0.2) is 30.3 Å². The molecule has 0 unspecified atom stereocenters. The molecule has 1 aromatic carbocycles. The van der Waals surface area contributed by atoms with Gasteiger partial charge in [-0.3, -0.25) is 5.10 Å². The molecule has 2 rings (SSSR count). The van der Waals surface area contributed by atoms with Gasteiger partial charge < -0.3 is 4.74 Å². The molecule has 0 aliphatic carbocycles. The number of benzene rings is 1. The van der Waals surface area contributed by atoms with Gasteiger partial charge in [0.15, 0.2) is 5.69 Å². The van der Waals surface area contributed by atoms with Gasteiger partial charge in [-0.15, -0.1) is 0 Å². The van der Waals surface area contributed by atoms with Gasteiger partial charge in [-0.25, -0.2) is 4.79 Å². The van der Waals surface area contributed by atoms with E-state index in [2.05, 4.69) is 10.2 Å².